The number of halogens is 1. The first kappa shape index (κ1) is 20.7. The lowest BCUT2D eigenvalue weighted by Crippen LogP contribution is -2.60. The van der Waals surface area contributed by atoms with Gasteiger partial charge >= 0.3 is 0 Å². The lowest BCUT2D eigenvalue weighted by Gasteiger charge is -2.47. The van der Waals surface area contributed by atoms with Crippen molar-refractivity contribution in [3.05, 3.63) is 58.5 Å². The van der Waals surface area contributed by atoms with Crippen LogP contribution in [-0.4, -0.2) is 31.5 Å². The number of pyridine rings is 1. The largest absolute Gasteiger partial charge is 0.543 e. The molecule has 7 heteroatoms. The quantitative estimate of drug-likeness (QED) is 0.538. The van der Waals surface area contributed by atoms with Crippen molar-refractivity contribution in [2.24, 2.45) is 0 Å². The third-order valence-electron chi connectivity index (χ3n) is 5.71. The number of aromatic nitrogens is 1. The molecule has 1 N–H and O–H groups in total. The third-order valence-corrected chi connectivity index (χ3v) is 10.4. The Morgan fingerprint density at radius 2 is 1.93 bits per heavy atom. The average molecular weight is 416 g/mol. The van der Waals surface area contributed by atoms with E-state index >= 15 is 0 Å². The van der Waals surface area contributed by atoms with E-state index < -0.39 is 13.9 Å². The molecule has 0 spiro atoms. The number of β-amino-alcohol motifs (C(OH)–C–C–N with tert-alkyl or cyclic N) is 1. The predicted molar refractivity (Wildman–Crippen MR) is 116 cm³/mol. The summed E-state index contributed by atoms with van der Waals surface area (Å²) in [6.45, 7) is 18.8. The lowest BCUT2D eigenvalue weighted by atomic mass is 9.86. The van der Waals surface area contributed by atoms with Crippen molar-refractivity contribution < 1.29 is 9.53 Å². The maximum absolute atomic E-state index is 11.0. The number of rotatable bonds is 4. The summed E-state index contributed by atoms with van der Waals surface area (Å²) in [6, 6.07) is 9.08. The number of anilines is 1. The first-order valence-corrected chi connectivity index (χ1v) is 12.5. The van der Waals surface area contributed by atoms with Crippen LogP contribution < -0.4 is 9.33 Å². The molecule has 1 fully saturated rings. The van der Waals surface area contributed by atoms with Gasteiger partial charge in [0, 0.05) is 11.8 Å². The third kappa shape index (κ3) is 3.88. The highest BCUT2D eigenvalue weighted by atomic mass is 35.5. The Balaban J connectivity index is 1.73. The van der Waals surface area contributed by atoms with E-state index in [2.05, 4.69) is 43.7 Å². The fourth-order valence-electron chi connectivity index (χ4n) is 2.93. The minimum atomic E-state index is -1.95. The highest BCUT2D eigenvalue weighted by molar-refractivity contribution is 6.74. The second-order valence-electron chi connectivity index (χ2n) is 8.88. The van der Waals surface area contributed by atoms with Gasteiger partial charge in [-0.05, 0) is 36.3 Å². The van der Waals surface area contributed by atoms with Crippen LogP contribution in [0.15, 0.2) is 36.5 Å². The monoisotopic (exact) mass is 415 g/mol. The molecule has 28 heavy (non-hydrogen) atoms. The zero-order valence-electron chi connectivity index (χ0n) is 17.0. The van der Waals surface area contributed by atoms with Crippen LogP contribution in [0.5, 0.6) is 5.75 Å². The SMILES string of the molecule is [C-]#[N+]c1ccc(N2CC(O)(c3ccc(O[Si](C)(C)C(C)(C)C)cc3Cl)C2)nc1. The number of hydrogen-bond donors (Lipinski definition) is 1. The Hall–Kier alpha value is -2.07. The van der Waals surface area contributed by atoms with Crippen LogP contribution in [0.2, 0.25) is 23.2 Å². The number of aliphatic hydroxyl groups is 1. The summed E-state index contributed by atoms with van der Waals surface area (Å²) in [5, 5.41) is 11.6. The molecular weight excluding hydrogens is 390 g/mol. The maximum Gasteiger partial charge on any atom is 0.250 e. The molecular formula is C21H26ClN3O2Si. The van der Waals surface area contributed by atoms with Gasteiger partial charge in [0.25, 0.3) is 0 Å². The molecule has 0 radical (unpaired) electrons. The molecule has 1 aromatic heterocycles. The summed E-state index contributed by atoms with van der Waals surface area (Å²) in [6.07, 6.45) is 1.54. The Bertz CT molecular complexity index is 911. The van der Waals surface area contributed by atoms with Gasteiger partial charge in [-0.3, -0.25) is 4.98 Å². The highest BCUT2D eigenvalue weighted by Crippen LogP contribution is 2.41. The number of hydrogen-bond acceptors (Lipinski definition) is 4. The molecule has 0 saturated carbocycles. The zero-order chi connectivity index (χ0) is 20.7. The Kier molecular flexibility index (Phi) is 5.22. The van der Waals surface area contributed by atoms with Crippen molar-refractivity contribution in [1.82, 2.24) is 4.98 Å². The van der Waals surface area contributed by atoms with E-state index in [0.29, 0.717) is 29.4 Å². The van der Waals surface area contributed by atoms with E-state index in [1.807, 2.05) is 17.0 Å². The standard InChI is InChI=1S/C21H26ClN3O2Si/c1-20(2,3)28(5,6)27-16-8-9-17(18(22)11-16)21(26)13-25(14-21)19-10-7-15(23-4)12-24-19/h7-12,26H,13-14H2,1-3,5-6H3. The van der Waals surface area contributed by atoms with Crippen molar-refractivity contribution in [3.8, 4) is 5.75 Å². The lowest BCUT2D eigenvalue weighted by molar-refractivity contribution is 0.00715. The molecule has 2 aromatic rings. The van der Waals surface area contributed by atoms with Gasteiger partial charge in [-0.15, -0.1) is 0 Å². The van der Waals surface area contributed by atoms with E-state index in [4.69, 9.17) is 22.6 Å². The fourth-order valence-corrected chi connectivity index (χ4v) is 4.30. The van der Waals surface area contributed by atoms with Crippen molar-refractivity contribution >= 4 is 31.4 Å². The van der Waals surface area contributed by atoms with Crippen LogP contribution in [0, 0.1) is 6.57 Å². The van der Waals surface area contributed by atoms with E-state index in [-0.39, 0.29) is 5.04 Å². The van der Waals surface area contributed by atoms with Crippen molar-refractivity contribution in [3.63, 3.8) is 0 Å². The van der Waals surface area contributed by atoms with Crippen LogP contribution in [-0.2, 0) is 5.60 Å². The summed E-state index contributed by atoms with van der Waals surface area (Å²) in [4.78, 5) is 9.59. The van der Waals surface area contributed by atoms with Gasteiger partial charge < -0.3 is 14.4 Å². The fraction of sp³-hybridized carbons (Fsp3) is 0.429. The van der Waals surface area contributed by atoms with Gasteiger partial charge in [0.2, 0.25) is 14.0 Å². The maximum atomic E-state index is 11.0. The first-order chi connectivity index (χ1) is 12.9. The molecule has 0 atom stereocenters. The smallest absolute Gasteiger partial charge is 0.250 e. The molecule has 3 rings (SSSR count). The van der Waals surface area contributed by atoms with Gasteiger partial charge in [0.15, 0.2) is 0 Å². The molecule has 0 unspecified atom stereocenters. The highest BCUT2D eigenvalue weighted by Gasteiger charge is 2.45. The van der Waals surface area contributed by atoms with Gasteiger partial charge in [-0.25, -0.2) is 4.85 Å². The Morgan fingerprint density at radius 1 is 1.25 bits per heavy atom. The predicted octanol–water partition coefficient (Wildman–Crippen LogP) is 5.38. The second-order valence-corrected chi connectivity index (χ2v) is 14.0. The summed E-state index contributed by atoms with van der Waals surface area (Å²) in [5.41, 5.74) is 0.179. The van der Waals surface area contributed by atoms with Crippen LogP contribution >= 0.6 is 11.6 Å². The topological polar surface area (TPSA) is 50.0 Å². The number of nitrogens with zero attached hydrogens (tertiary/aromatic N) is 3. The Labute approximate surface area is 172 Å². The van der Waals surface area contributed by atoms with E-state index in [9.17, 15) is 5.11 Å². The average Bonchev–Trinajstić information content (AvgIpc) is 2.58. The molecule has 1 aliphatic heterocycles. The summed E-state index contributed by atoms with van der Waals surface area (Å²) in [7, 11) is -1.95. The minimum Gasteiger partial charge on any atom is -0.543 e. The molecule has 0 amide bonds. The van der Waals surface area contributed by atoms with Gasteiger partial charge in [-0.2, -0.15) is 0 Å². The summed E-state index contributed by atoms with van der Waals surface area (Å²) >= 11 is 6.51. The molecule has 1 aromatic carbocycles. The van der Waals surface area contributed by atoms with Gasteiger partial charge in [0.1, 0.15) is 17.2 Å². The molecule has 2 heterocycles. The summed E-state index contributed by atoms with van der Waals surface area (Å²) < 4.78 is 6.31. The second kappa shape index (κ2) is 7.07. The Morgan fingerprint density at radius 3 is 2.43 bits per heavy atom. The van der Waals surface area contributed by atoms with Crippen LogP contribution in [0.4, 0.5) is 11.5 Å². The zero-order valence-corrected chi connectivity index (χ0v) is 18.7. The number of benzene rings is 1. The van der Waals surface area contributed by atoms with E-state index in [1.165, 1.54) is 0 Å². The molecule has 0 aliphatic carbocycles. The van der Waals surface area contributed by atoms with Gasteiger partial charge in [0.05, 0.1) is 24.7 Å². The van der Waals surface area contributed by atoms with Crippen LogP contribution in [0.1, 0.15) is 26.3 Å². The normalized spacial score (nSPS) is 16.3. The van der Waals surface area contributed by atoms with Crippen LogP contribution in [0.25, 0.3) is 4.85 Å². The molecule has 1 saturated heterocycles. The minimum absolute atomic E-state index is 0.0978. The van der Waals surface area contributed by atoms with Gasteiger partial charge in [-0.1, -0.05) is 44.5 Å². The molecule has 148 valence electrons. The van der Waals surface area contributed by atoms with Crippen LogP contribution in [0.3, 0.4) is 0 Å². The van der Waals surface area contributed by atoms with E-state index in [0.717, 1.165) is 11.6 Å². The van der Waals surface area contributed by atoms with Crippen molar-refractivity contribution in [1.29, 1.82) is 0 Å². The van der Waals surface area contributed by atoms with E-state index in [1.54, 1.807) is 24.4 Å². The molecule has 1 aliphatic rings. The van der Waals surface area contributed by atoms with Crippen molar-refractivity contribution in [2.75, 3.05) is 18.0 Å². The summed E-state index contributed by atoms with van der Waals surface area (Å²) in [5.74, 6) is 1.49. The molecule has 0 bridgehead atoms. The first-order valence-electron chi connectivity index (χ1n) is 9.25. The molecule has 5 nitrogen and oxygen atoms in total. The van der Waals surface area contributed by atoms with Crippen molar-refractivity contribution in [2.45, 2.75) is 44.5 Å².